The number of pyridine rings is 1. The van der Waals surface area contributed by atoms with E-state index in [1.807, 2.05) is 12.1 Å². The van der Waals surface area contributed by atoms with Crippen LogP contribution < -0.4 is 10.2 Å². The SMILES string of the molecule is COc1cccc(C=NNC(=O)c2c(C)nc3ccc(Br)cn23)c1O. The highest BCUT2D eigenvalue weighted by molar-refractivity contribution is 9.10. The third-order valence-electron chi connectivity index (χ3n) is 3.59. The number of rotatable bonds is 4. The van der Waals surface area contributed by atoms with E-state index >= 15 is 0 Å². The second kappa shape index (κ2) is 6.94. The van der Waals surface area contributed by atoms with E-state index in [1.165, 1.54) is 13.3 Å². The molecule has 0 spiro atoms. The first-order chi connectivity index (χ1) is 12.0. The van der Waals surface area contributed by atoms with E-state index in [0.29, 0.717) is 28.3 Å². The number of hydrogen-bond acceptors (Lipinski definition) is 5. The highest BCUT2D eigenvalue weighted by Gasteiger charge is 2.16. The quantitative estimate of drug-likeness (QED) is 0.518. The number of aromatic nitrogens is 2. The van der Waals surface area contributed by atoms with Crippen LogP contribution in [-0.4, -0.2) is 33.7 Å². The molecule has 0 atom stereocenters. The number of fused-ring (bicyclic) bond motifs is 1. The number of para-hydroxylation sites is 1. The normalized spacial score (nSPS) is 11.2. The van der Waals surface area contributed by atoms with Crippen molar-refractivity contribution in [1.29, 1.82) is 0 Å². The zero-order chi connectivity index (χ0) is 18.0. The lowest BCUT2D eigenvalue weighted by atomic mass is 10.2. The molecule has 0 aliphatic heterocycles. The first-order valence-electron chi connectivity index (χ1n) is 7.35. The highest BCUT2D eigenvalue weighted by atomic mass is 79.9. The number of aromatic hydroxyl groups is 1. The number of carbonyl (C=O) groups is 1. The van der Waals surface area contributed by atoms with Crippen LogP contribution in [0.2, 0.25) is 0 Å². The fourth-order valence-electron chi connectivity index (χ4n) is 2.43. The molecule has 0 aliphatic carbocycles. The summed E-state index contributed by atoms with van der Waals surface area (Å²) >= 11 is 3.38. The monoisotopic (exact) mass is 402 g/mol. The van der Waals surface area contributed by atoms with Crippen LogP contribution in [0.25, 0.3) is 5.65 Å². The molecule has 0 unspecified atom stereocenters. The Labute approximate surface area is 152 Å². The summed E-state index contributed by atoms with van der Waals surface area (Å²) in [6, 6.07) is 8.67. The molecule has 2 heterocycles. The summed E-state index contributed by atoms with van der Waals surface area (Å²) in [4.78, 5) is 16.8. The number of carbonyl (C=O) groups excluding carboxylic acids is 1. The van der Waals surface area contributed by atoms with Gasteiger partial charge in [-0.15, -0.1) is 0 Å². The van der Waals surface area contributed by atoms with E-state index in [4.69, 9.17) is 4.74 Å². The zero-order valence-corrected chi connectivity index (χ0v) is 15.1. The molecule has 2 N–H and O–H groups in total. The molecule has 8 heteroatoms. The van der Waals surface area contributed by atoms with Crippen LogP contribution in [0.15, 0.2) is 46.1 Å². The molecule has 3 aromatic rings. The Bertz CT molecular complexity index is 981. The largest absolute Gasteiger partial charge is 0.504 e. The smallest absolute Gasteiger partial charge is 0.290 e. The number of methoxy groups -OCH3 is 1. The van der Waals surface area contributed by atoms with Crippen molar-refractivity contribution in [1.82, 2.24) is 14.8 Å². The Morgan fingerprint density at radius 2 is 2.20 bits per heavy atom. The summed E-state index contributed by atoms with van der Waals surface area (Å²) in [5, 5.41) is 13.9. The number of nitrogens with one attached hydrogen (secondary N) is 1. The van der Waals surface area contributed by atoms with E-state index in [1.54, 1.807) is 35.7 Å². The van der Waals surface area contributed by atoms with Gasteiger partial charge >= 0.3 is 0 Å². The molecule has 25 heavy (non-hydrogen) atoms. The van der Waals surface area contributed by atoms with E-state index in [9.17, 15) is 9.90 Å². The maximum absolute atomic E-state index is 12.5. The summed E-state index contributed by atoms with van der Waals surface area (Å²) in [6.07, 6.45) is 3.12. The predicted octanol–water partition coefficient (Wildman–Crippen LogP) is 2.88. The lowest BCUT2D eigenvalue weighted by Crippen LogP contribution is -2.20. The van der Waals surface area contributed by atoms with Gasteiger partial charge in [-0.05, 0) is 47.1 Å². The molecule has 2 aromatic heterocycles. The van der Waals surface area contributed by atoms with Crippen molar-refractivity contribution in [3.63, 3.8) is 0 Å². The van der Waals surface area contributed by atoms with Crippen molar-refractivity contribution < 1.29 is 14.6 Å². The molecule has 0 fully saturated rings. The highest BCUT2D eigenvalue weighted by Crippen LogP contribution is 2.27. The number of benzene rings is 1. The molecule has 3 rings (SSSR count). The van der Waals surface area contributed by atoms with Gasteiger partial charge < -0.3 is 9.84 Å². The van der Waals surface area contributed by atoms with Gasteiger partial charge in [0.2, 0.25) is 0 Å². The third kappa shape index (κ3) is 3.34. The van der Waals surface area contributed by atoms with Crippen LogP contribution >= 0.6 is 15.9 Å². The van der Waals surface area contributed by atoms with Gasteiger partial charge in [0.15, 0.2) is 11.5 Å². The summed E-state index contributed by atoms with van der Waals surface area (Å²) < 4.78 is 7.55. The average Bonchev–Trinajstić information content (AvgIpc) is 2.91. The van der Waals surface area contributed by atoms with E-state index < -0.39 is 5.91 Å². The van der Waals surface area contributed by atoms with Gasteiger partial charge in [-0.1, -0.05) is 6.07 Å². The molecular weight excluding hydrogens is 388 g/mol. The molecular formula is C17H15BrN4O3. The van der Waals surface area contributed by atoms with Crippen LogP contribution in [0.4, 0.5) is 0 Å². The third-order valence-corrected chi connectivity index (χ3v) is 4.06. The number of hydrogen-bond donors (Lipinski definition) is 2. The second-order valence-electron chi connectivity index (χ2n) is 5.22. The van der Waals surface area contributed by atoms with Crippen molar-refractivity contribution in [3.05, 3.63) is 58.0 Å². The minimum Gasteiger partial charge on any atom is -0.504 e. The number of aryl methyl sites for hydroxylation is 1. The van der Waals surface area contributed by atoms with E-state index in [0.717, 1.165) is 4.47 Å². The summed E-state index contributed by atoms with van der Waals surface area (Å²) in [7, 11) is 1.46. The van der Waals surface area contributed by atoms with Crippen molar-refractivity contribution in [2.75, 3.05) is 7.11 Å². The molecule has 1 amide bonds. The van der Waals surface area contributed by atoms with Crippen LogP contribution in [0.5, 0.6) is 11.5 Å². The molecule has 0 bridgehead atoms. The molecule has 0 saturated heterocycles. The summed E-state index contributed by atoms with van der Waals surface area (Å²) in [5.41, 5.74) is 4.53. The number of phenols is 1. The van der Waals surface area contributed by atoms with Crippen molar-refractivity contribution in [2.45, 2.75) is 6.92 Å². The number of nitrogens with zero attached hydrogens (tertiary/aromatic N) is 3. The first-order valence-corrected chi connectivity index (χ1v) is 8.14. The maximum atomic E-state index is 12.5. The number of ether oxygens (including phenoxy) is 1. The summed E-state index contributed by atoms with van der Waals surface area (Å²) in [5.74, 6) is -0.114. The second-order valence-corrected chi connectivity index (χ2v) is 6.13. The van der Waals surface area contributed by atoms with Gasteiger partial charge in [0, 0.05) is 16.2 Å². The van der Waals surface area contributed by atoms with Gasteiger partial charge in [0.05, 0.1) is 19.0 Å². The van der Waals surface area contributed by atoms with Crippen LogP contribution in [0.3, 0.4) is 0 Å². The van der Waals surface area contributed by atoms with Crippen LogP contribution in [-0.2, 0) is 0 Å². The van der Waals surface area contributed by atoms with Gasteiger partial charge in [-0.2, -0.15) is 5.10 Å². The van der Waals surface area contributed by atoms with Gasteiger partial charge in [-0.3, -0.25) is 9.20 Å². The zero-order valence-electron chi connectivity index (χ0n) is 13.5. The van der Waals surface area contributed by atoms with Gasteiger partial charge in [0.25, 0.3) is 5.91 Å². The topological polar surface area (TPSA) is 88.2 Å². The average molecular weight is 403 g/mol. The fraction of sp³-hybridized carbons (Fsp3) is 0.118. The lowest BCUT2D eigenvalue weighted by Gasteiger charge is -2.05. The Hall–Kier alpha value is -2.87. The first kappa shape index (κ1) is 17.0. The standard InChI is InChI=1S/C17H15BrN4O3/c1-10-15(22-9-12(18)6-7-14(22)20-10)17(24)21-19-8-11-4-3-5-13(25-2)16(11)23/h3-9,23H,1-2H3,(H,21,24). The molecule has 0 saturated carbocycles. The summed E-state index contributed by atoms with van der Waals surface area (Å²) in [6.45, 7) is 1.76. The van der Waals surface area contributed by atoms with E-state index in [2.05, 4.69) is 31.4 Å². The van der Waals surface area contributed by atoms with Gasteiger partial charge in [0.1, 0.15) is 11.3 Å². The predicted molar refractivity (Wildman–Crippen MR) is 97.3 cm³/mol. The number of amides is 1. The Morgan fingerprint density at radius 3 is 2.96 bits per heavy atom. The minimum atomic E-state index is -0.401. The molecule has 7 nitrogen and oxygen atoms in total. The van der Waals surface area contributed by atoms with Crippen molar-refractivity contribution >= 4 is 33.7 Å². The fourth-order valence-corrected chi connectivity index (χ4v) is 2.77. The molecule has 128 valence electrons. The molecule has 1 aromatic carbocycles. The van der Waals surface area contributed by atoms with Crippen molar-refractivity contribution in [3.8, 4) is 11.5 Å². The Balaban J connectivity index is 1.84. The number of phenolic OH excluding ortho intramolecular Hbond substituents is 1. The number of hydrazone groups is 1. The maximum Gasteiger partial charge on any atom is 0.290 e. The van der Waals surface area contributed by atoms with Crippen LogP contribution in [0, 0.1) is 6.92 Å². The van der Waals surface area contributed by atoms with Crippen molar-refractivity contribution in [2.24, 2.45) is 5.10 Å². The lowest BCUT2D eigenvalue weighted by molar-refractivity contribution is 0.0948. The van der Waals surface area contributed by atoms with Gasteiger partial charge in [-0.25, -0.2) is 10.4 Å². The van der Waals surface area contributed by atoms with E-state index in [-0.39, 0.29) is 5.75 Å². The molecule has 0 aliphatic rings. The number of imidazole rings is 1. The Kier molecular flexibility index (Phi) is 4.71. The molecule has 0 radical (unpaired) electrons. The number of halogens is 1. The van der Waals surface area contributed by atoms with Crippen LogP contribution in [0.1, 0.15) is 21.7 Å². The minimum absolute atomic E-state index is 0.0436. The Morgan fingerprint density at radius 1 is 1.40 bits per heavy atom.